The quantitative estimate of drug-likeness (QED) is 0.196. The summed E-state index contributed by atoms with van der Waals surface area (Å²) < 4.78 is 0.973. The van der Waals surface area contributed by atoms with Gasteiger partial charge in [-0.15, -0.1) is 11.3 Å². The number of carbonyl (C=O) groups is 1. The Balaban J connectivity index is 1.33. The molecule has 0 bridgehead atoms. The van der Waals surface area contributed by atoms with Gasteiger partial charge < -0.3 is 25.5 Å². The molecule has 3 aromatic heterocycles. The third-order valence-electron chi connectivity index (χ3n) is 7.42. The standard InChI is InChI=1S/C31H40N8O2S/c1-4-13-38(15-11-32-12-16-40)31-34-21(2)17-28(37-31)36-27-19-25-26(20-33-27)42-29(35-25)23-9-7-10-24(18-23)30(41)39-14-6-5-8-22(39)3/h7,9-10,17-20,22,32,40H,4-6,8,11-16H2,1-3H3,(H,33,34,36,37). The van der Waals surface area contributed by atoms with E-state index in [1.807, 2.05) is 54.4 Å². The Labute approximate surface area is 251 Å². The average molecular weight is 589 g/mol. The van der Waals surface area contributed by atoms with Gasteiger partial charge in [-0.05, 0) is 51.7 Å². The van der Waals surface area contributed by atoms with Crippen LogP contribution < -0.4 is 15.5 Å². The van der Waals surface area contributed by atoms with Crippen LogP contribution in [0, 0.1) is 6.92 Å². The van der Waals surface area contributed by atoms with Crippen LogP contribution in [0.5, 0.6) is 0 Å². The van der Waals surface area contributed by atoms with Crippen LogP contribution in [-0.2, 0) is 0 Å². The maximum atomic E-state index is 13.3. The minimum absolute atomic E-state index is 0.0942. The SMILES string of the molecule is CCCN(CCNCCO)c1nc(C)cc(Nc2cc3nc(-c4cccc(C(=O)N5CCCCC5C)c4)sc3cn2)n1. The van der Waals surface area contributed by atoms with Gasteiger partial charge in [0, 0.05) is 73.9 Å². The van der Waals surface area contributed by atoms with E-state index in [0.717, 1.165) is 71.9 Å². The number of hydrogen-bond donors (Lipinski definition) is 3. The summed E-state index contributed by atoms with van der Waals surface area (Å²) in [6.45, 7) is 10.0. The third kappa shape index (κ3) is 7.21. The second-order valence-corrected chi connectivity index (χ2v) is 11.8. The predicted octanol–water partition coefficient (Wildman–Crippen LogP) is 5.01. The molecule has 1 aromatic carbocycles. The first-order valence-electron chi connectivity index (χ1n) is 14.8. The molecule has 42 heavy (non-hydrogen) atoms. The molecule has 11 heteroatoms. The van der Waals surface area contributed by atoms with Gasteiger partial charge in [-0.3, -0.25) is 4.79 Å². The fraction of sp³-hybridized carbons (Fsp3) is 0.452. The Hall–Kier alpha value is -3.67. The first-order valence-corrected chi connectivity index (χ1v) is 15.6. The molecule has 3 N–H and O–H groups in total. The number of carbonyl (C=O) groups excluding carboxylic acids is 1. The zero-order chi connectivity index (χ0) is 29.5. The highest BCUT2D eigenvalue weighted by Gasteiger charge is 2.24. The summed E-state index contributed by atoms with van der Waals surface area (Å²) in [7, 11) is 0. The summed E-state index contributed by atoms with van der Waals surface area (Å²) in [5, 5.41) is 16.5. The lowest BCUT2D eigenvalue weighted by molar-refractivity contribution is 0.0635. The highest BCUT2D eigenvalue weighted by molar-refractivity contribution is 7.21. The molecule has 222 valence electrons. The third-order valence-corrected chi connectivity index (χ3v) is 8.47. The number of amides is 1. The largest absolute Gasteiger partial charge is 0.395 e. The van der Waals surface area contributed by atoms with Gasteiger partial charge in [0.1, 0.15) is 16.6 Å². The van der Waals surface area contributed by atoms with E-state index in [1.165, 1.54) is 6.42 Å². The molecular formula is C31H40N8O2S. The molecule has 0 spiro atoms. The van der Waals surface area contributed by atoms with Crippen LogP contribution in [0.25, 0.3) is 20.8 Å². The summed E-state index contributed by atoms with van der Waals surface area (Å²) >= 11 is 1.57. The van der Waals surface area contributed by atoms with Crippen LogP contribution >= 0.6 is 11.3 Å². The average Bonchev–Trinajstić information content (AvgIpc) is 3.42. The highest BCUT2D eigenvalue weighted by atomic mass is 32.1. The maximum Gasteiger partial charge on any atom is 0.254 e. The predicted molar refractivity (Wildman–Crippen MR) is 170 cm³/mol. The Bertz CT molecular complexity index is 1510. The van der Waals surface area contributed by atoms with Crippen molar-refractivity contribution in [2.45, 2.75) is 52.5 Å². The molecule has 10 nitrogen and oxygen atoms in total. The second-order valence-electron chi connectivity index (χ2n) is 10.8. The number of fused-ring (bicyclic) bond motifs is 1. The Morgan fingerprint density at radius 1 is 1.12 bits per heavy atom. The summed E-state index contributed by atoms with van der Waals surface area (Å²) in [4.78, 5) is 36.4. The van der Waals surface area contributed by atoms with Gasteiger partial charge in [0.15, 0.2) is 0 Å². The minimum atomic E-state index is 0.0942. The lowest BCUT2D eigenvalue weighted by atomic mass is 10.0. The van der Waals surface area contributed by atoms with E-state index in [1.54, 1.807) is 11.3 Å². The number of aromatic nitrogens is 4. The van der Waals surface area contributed by atoms with Gasteiger partial charge in [-0.1, -0.05) is 19.1 Å². The van der Waals surface area contributed by atoms with Crippen molar-refractivity contribution in [1.82, 2.24) is 30.2 Å². The Kier molecular flexibility index (Phi) is 9.93. The van der Waals surface area contributed by atoms with Crippen LogP contribution in [0.2, 0.25) is 0 Å². The van der Waals surface area contributed by atoms with Gasteiger partial charge in [-0.2, -0.15) is 4.98 Å². The highest BCUT2D eigenvalue weighted by Crippen LogP contribution is 2.32. The fourth-order valence-corrected chi connectivity index (χ4v) is 6.18. The number of hydrogen-bond acceptors (Lipinski definition) is 10. The number of likely N-dealkylation sites (tertiary alicyclic amines) is 1. The Morgan fingerprint density at radius 2 is 2.00 bits per heavy atom. The van der Waals surface area contributed by atoms with Crippen molar-refractivity contribution in [3.8, 4) is 10.6 Å². The van der Waals surface area contributed by atoms with Gasteiger partial charge in [0.2, 0.25) is 5.95 Å². The number of thiazole rings is 1. The number of aliphatic hydroxyl groups is 1. The van der Waals surface area contributed by atoms with Crippen LogP contribution in [0.4, 0.5) is 17.6 Å². The maximum absolute atomic E-state index is 13.3. The monoisotopic (exact) mass is 588 g/mol. The number of aliphatic hydroxyl groups excluding tert-OH is 1. The number of anilines is 3. The number of nitrogens with one attached hydrogen (secondary N) is 2. The number of aryl methyl sites for hydroxylation is 1. The number of pyridine rings is 1. The molecule has 5 rings (SSSR count). The van der Waals surface area contributed by atoms with Crippen molar-refractivity contribution in [1.29, 1.82) is 0 Å². The van der Waals surface area contributed by atoms with Crippen LogP contribution in [0.1, 0.15) is 55.6 Å². The van der Waals surface area contributed by atoms with Crippen LogP contribution in [0.3, 0.4) is 0 Å². The van der Waals surface area contributed by atoms with E-state index >= 15 is 0 Å². The second kappa shape index (κ2) is 14.0. The summed E-state index contributed by atoms with van der Waals surface area (Å²) in [6.07, 6.45) is 6.10. The molecule has 4 heterocycles. The summed E-state index contributed by atoms with van der Waals surface area (Å²) in [6, 6.07) is 11.9. The lowest BCUT2D eigenvalue weighted by Crippen LogP contribution is -2.42. The van der Waals surface area contributed by atoms with E-state index in [-0.39, 0.29) is 18.6 Å². The van der Waals surface area contributed by atoms with Crippen LogP contribution in [0.15, 0.2) is 42.6 Å². The molecule has 4 aromatic rings. The molecule has 1 amide bonds. The molecule has 0 aliphatic carbocycles. The molecule has 0 saturated carbocycles. The van der Waals surface area contributed by atoms with Crippen LogP contribution in [-0.4, -0.2) is 81.2 Å². The zero-order valence-corrected chi connectivity index (χ0v) is 25.5. The zero-order valence-electron chi connectivity index (χ0n) is 24.6. The number of benzene rings is 1. The normalized spacial score (nSPS) is 15.2. The summed E-state index contributed by atoms with van der Waals surface area (Å²) in [5.41, 5.74) is 3.33. The van der Waals surface area contributed by atoms with Gasteiger partial charge in [0.05, 0.1) is 16.8 Å². The Morgan fingerprint density at radius 3 is 2.81 bits per heavy atom. The molecular weight excluding hydrogens is 548 g/mol. The molecule has 0 radical (unpaired) electrons. The van der Waals surface area contributed by atoms with E-state index < -0.39 is 0 Å². The molecule has 1 aliphatic heterocycles. The van der Waals surface area contributed by atoms with E-state index in [9.17, 15) is 4.79 Å². The lowest BCUT2D eigenvalue weighted by Gasteiger charge is -2.33. The van der Waals surface area contributed by atoms with Crippen molar-refractivity contribution < 1.29 is 9.90 Å². The molecule has 1 unspecified atom stereocenters. The van der Waals surface area contributed by atoms with Crippen molar-refractivity contribution in [3.63, 3.8) is 0 Å². The first-order chi connectivity index (χ1) is 20.4. The van der Waals surface area contributed by atoms with Crippen molar-refractivity contribution in [2.75, 3.05) is 49.5 Å². The topological polar surface area (TPSA) is 119 Å². The van der Waals surface area contributed by atoms with Crippen molar-refractivity contribution in [3.05, 3.63) is 53.9 Å². The number of piperidine rings is 1. The van der Waals surface area contributed by atoms with Gasteiger partial charge in [0.25, 0.3) is 5.91 Å². The summed E-state index contributed by atoms with van der Waals surface area (Å²) in [5.74, 6) is 2.08. The number of rotatable bonds is 12. The number of nitrogens with zero attached hydrogens (tertiary/aromatic N) is 6. The van der Waals surface area contributed by atoms with Gasteiger partial charge >= 0.3 is 0 Å². The molecule has 1 aliphatic rings. The van der Waals surface area contributed by atoms with E-state index in [0.29, 0.717) is 29.7 Å². The smallest absolute Gasteiger partial charge is 0.254 e. The molecule has 1 atom stereocenters. The van der Waals surface area contributed by atoms with Crippen molar-refractivity contribution >= 4 is 45.0 Å². The van der Waals surface area contributed by atoms with Gasteiger partial charge in [-0.25, -0.2) is 15.0 Å². The first kappa shape index (κ1) is 29.8. The van der Waals surface area contributed by atoms with E-state index in [4.69, 9.17) is 15.1 Å². The molecule has 1 fully saturated rings. The molecule has 1 saturated heterocycles. The fourth-order valence-electron chi connectivity index (χ4n) is 5.27. The minimum Gasteiger partial charge on any atom is -0.395 e. The van der Waals surface area contributed by atoms with E-state index in [2.05, 4.69) is 39.3 Å². The van der Waals surface area contributed by atoms with Crippen molar-refractivity contribution in [2.24, 2.45) is 0 Å².